The van der Waals surface area contributed by atoms with Gasteiger partial charge in [0, 0.05) is 18.7 Å². The van der Waals surface area contributed by atoms with Gasteiger partial charge in [-0.15, -0.1) is 10.2 Å². The van der Waals surface area contributed by atoms with E-state index in [9.17, 15) is 0 Å². The van der Waals surface area contributed by atoms with Crippen molar-refractivity contribution in [2.75, 3.05) is 6.54 Å². The average Bonchev–Trinajstić information content (AvgIpc) is 2.82. The van der Waals surface area contributed by atoms with E-state index in [1.165, 1.54) is 16.7 Å². The molecule has 2 aromatic rings. The smallest absolute Gasteiger partial charge is 0.164 e. The Hall–Kier alpha value is -1.68. The van der Waals surface area contributed by atoms with Crippen molar-refractivity contribution in [3.05, 3.63) is 35.2 Å². The Morgan fingerprint density at radius 3 is 2.68 bits per heavy atom. The summed E-state index contributed by atoms with van der Waals surface area (Å²) in [6, 6.07) is 6.71. The summed E-state index contributed by atoms with van der Waals surface area (Å²) in [7, 11) is 0. The van der Waals surface area contributed by atoms with Gasteiger partial charge in [-0.05, 0) is 31.4 Å². The largest absolute Gasteiger partial charge is 0.308 e. The number of nitrogens with zero attached hydrogens (tertiary/aromatic N) is 3. The van der Waals surface area contributed by atoms with Crippen molar-refractivity contribution in [3.8, 4) is 11.4 Å². The fraction of sp³-hybridized carbons (Fsp3) is 0.467. The monoisotopic (exact) mass is 256 g/mol. The van der Waals surface area contributed by atoms with Gasteiger partial charge in [-0.25, -0.2) is 0 Å². The van der Waals surface area contributed by atoms with Crippen LogP contribution in [0, 0.1) is 13.8 Å². The van der Waals surface area contributed by atoms with Gasteiger partial charge in [0.1, 0.15) is 0 Å². The van der Waals surface area contributed by atoms with Crippen molar-refractivity contribution >= 4 is 0 Å². The summed E-state index contributed by atoms with van der Waals surface area (Å²) >= 11 is 0. The molecule has 2 heterocycles. The van der Waals surface area contributed by atoms with Gasteiger partial charge in [0.2, 0.25) is 0 Å². The first-order chi connectivity index (χ1) is 9.22. The van der Waals surface area contributed by atoms with Crippen LogP contribution in [0.15, 0.2) is 18.2 Å². The lowest BCUT2D eigenvalue weighted by Crippen LogP contribution is -2.33. The molecule has 1 aromatic carbocycles. The first-order valence-electron chi connectivity index (χ1n) is 6.95. The molecule has 0 saturated carbocycles. The second-order valence-corrected chi connectivity index (χ2v) is 5.22. The number of hydrogen-bond donors (Lipinski definition) is 1. The molecule has 1 atom stereocenters. The highest BCUT2D eigenvalue weighted by molar-refractivity contribution is 5.64. The van der Waals surface area contributed by atoms with Gasteiger partial charge < -0.3 is 9.88 Å². The summed E-state index contributed by atoms with van der Waals surface area (Å²) in [5.74, 6) is 2.09. The Balaban J connectivity index is 2.15. The van der Waals surface area contributed by atoms with E-state index in [0.29, 0.717) is 6.04 Å². The quantitative estimate of drug-likeness (QED) is 0.898. The minimum Gasteiger partial charge on any atom is -0.308 e. The number of aryl methyl sites for hydroxylation is 2. The van der Waals surface area contributed by atoms with E-state index in [0.717, 1.165) is 31.2 Å². The average molecular weight is 256 g/mol. The molecule has 3 rings (SSSR count). The third kappa shape index (κ3) is 1.96. The molecule has 4 heteroatoms. The van der Waals surface area contributed by atoms with Crippen LogP contribution in [0.1, 0.15) is 36.3 Å². The van der Waals surface area contributed by atoms with Gasteiger partial charge in [0.15, 0.2) is 11.6 Å². The van der Waals surface area contributed by atoms with Crippen molar-refractivity contribution in [1.82, 2.24) is 20.1 Å². The highest BCUT2D eigenvalue weighted by Gasteiger charge is 2.25. The SMILES string of the molecule is CCC1NCCn2c(-c3c(C)cccc3C)nnc21. The molecule has 1 aliphatic rings. The van der Waals surface area contributed by atoms with Crippen molar-refractivity contribution in [2.45, 2.75) is 39.8 Å². The molecule has 1 aromatic heterocycles. The molecule has 100 valence electrons. The summed E-state index contributed by atoms with van der Waals surface area (Å²) < 4.78 is 2.28. The molecule has 0 bridgehead atoms. The Morgan fingerprint density at radius 1 is 1.26 bits per heavy atom. The van der Waals surface area contributed by atoms with Crippen LogP contribution in [-0.2, 0) is 6.54 Å². The molecule has 0 radical (unpaired) electrons. The van der Waals surface area contributed by atoms with Gasteiger partial charge in [-0.3, -0.25) is 0 Å². The number of hydrogen-bond acceptors (Lipinski definition) is 3. The number of fused-ring (bicyclic) bond motifs is 1. The first-order valence-corrected chi connectivity index (χ1v) is 6.95. The second-order valence-electron chi connectivity index (χ2n) is 5.22. The van der Waals surface area contributed by atoms with Crippen LogP contribution < -0.4 is 5.32 Å². The summed E-state index contributed by atoms with van der Waals surface area (Å²) in [6.45, 7) is 8.40. The molecule has 1 N–H and O–H groups in total. The molecule has 1 aliphatic heterocycles. The van der Waals surface area contributed by atoms with Crippen LogP contribution in [0.5, 0.6) is 0 Å². The lowest BCUT2D eigenvalue weighted by Gasteiger charge is -2.24. The molecule has 1 unspecified atom stereocenters. The number of nitrogens with one attached hydrogen (secondary N) is 1. The fourth-order valence-corrected chi connectivity index (χ4v) is 2.91. The highest BCUT2D eigenvalue weighted by atomic mass is 15.3. The van der Waals surface area contributed by atoms with E-state index >= 15 is 0 Å². The van der Waals surface area contributed by atoms with E-state index in [4.69, 9.17) is 0 Å². The lowest BCUT2D eigenvalue weighted by atomic mass is 10.0. The summed E-state index contributed by atoms with van der Waals surface area (Å²) in [5, 5.41) is 12.4. The van der Waals surface area contributed by atoms with Gasteiger partial charge in [-0.1, -0.05) is 25.1 Å². The van der Waals surface area contributed by atoms with Crippen molar-refractivity contribution < 1.29 is 0 Å². The van der Waals surface area contributed by atoms with Crippen molar-refractivity contribution in [3.63, 3.8) is 0 Å². The second kappa shape index (κ2) is 4.78. The summed E-state index contributed by atoms with van der Waals surface area (Å²) in [6.07, 6.45) is 1.05. The van der Waals surface area contributed by atoms with Crippen LogP contribution in [-0.4, -0.2) is 21.3 Å². The number of aromatic nitrogens is 3. The Morgan fingerprint density at radius 2 is 2.00 bits per heavy atom. The van der Waals surface area contributed by atoms with Gasteiger partial charge >= 0.3 is 0 Å². The zero-order chi connectivity index (χ0) is 13.4. The van der Waals surface area contributed by atoms with E-state index in [1.54, 1.807) is 0 Å². The summed E-state index contributed by atoms with van der Waals surface area (Å²) in [5.41, 5.74) is 3.77. The Bertz CT molecular complexity index is 580. The maximum absolute atomic E-state index is 4.46. The van der Waals surface area contributed by atoms with Crippen LogP contribution in [0.4, 0.5) is 0 Å². The molecule has 0 fully saturated rings. The molecule has 0 aliphatic carbocycles. The van der Waals surface area contributed by atoms with Gasteiger partial charge in [-0.2, -0.15) is 0 Å². The molecular weight excluding hydrogens is 236 g/mol. The number of benzene rings is 1. The van der Waals surface area contributed by atoms with Crippen molar-refractivity contribution in [2.24, 2.45) is 0 Å². The Kier molecular flexibility index (Phi) is 3.11. The third-order valence-electron chi connectivity index (χ3n) is 3.93. The minimum absolute atomic E-state index is 0.333. The Labute approximate surface area is 113 Å². The zero-order valence-corrected chi connectivity index (χ0v) is 11.8. The normalized spacial score (nSPS) is 18.4. The predicted octanol–water partition coefficient (Wildman–Crippen LogP) is 2.62. The third-order valence-corrected chi connectivity index (χ3v) is 3.93. The molecule has 19 heavy (non-hydrogen) atoms. The van der Waals surface area contributed by atoms with Crippen LogP contribution >= 0.6 is 0 Å². The van der Waals surface area contributed by atoms with Crippen LogP contribution in [0.3, 0.4) is 0 Å². The molecule has 0 spiro atoms. The van der Waals surface area contributed by atoms with E-state index in [-0.39, 0.29) is 0 Å². The lowest BCUT2D eigenvalue weighted by molar-refractivity contribution is 0.407. The zero-order valence-electron chi connectivity index (χ0n) is 11.8. The van der Waals surface area contributed by atoms with Gasteiger partial charge in [0.05, 0.1) is 6.04 Å². The topological polar surface area (TPSA) is 42.7 Å². The molecular formula is C15H20N4. The predicted molar refractivity (Wildman–Crippen MR) is 76.0 cm³/mol. The summed E-state index contributed by atoms with van der Waals surface area (Å²) in [4.78, 5) is 0. The van der Waals surface area contributed by atoms with Crippen LogP contribution in [0.2, 0.25) is 0 Å². The van der Waals surface area contributed by atoms with Gasteiger partial charge in [0.25, 0.3) is 0 Å². The first kappa shape index (κ1) is 12.4. The van der Waals surface area contributed by atoms with E-state index in [1.807, 2.05) is 0 Å². The molecule has 0 saturated heterocycles. The van der Waals surface area contributed by atoms with Crippen molar-refractivity contribution in [1.29, 1.82) is 0 Å². The molecule has 0 amide bonds. The standard InChI is InChI=1S/C15H20N4/c1-4-12-14-17-18-15(19(14)9-8-16-12)13-10(2)6-5-7-11(13)3/h5-7,12,16H,4,8-9H2,1-3H3. The maximum atomic E-state index is 4.46. The minimum atomic E-state index is 0.333. The van der Waals surface area contributed by atoms with E-state index in [2.05, 4.69) is 59.1 Å². The highest BCUT2D eigenvalue weighted by Crippen LogP contribution is 2.29. The number of rotatable bonds is 2. The fourth-order valence-electron chi connectivity index (χ4n) is 2.91. The van der Waals surface area contributed by atoms with Crippen LogP contribution in [0.25, 0.3) is 11.4 Å². The molecule has 4 nitrogen and oxygen atoms in total. The van der Waals surface area contributed by atoms with E-state index < -0.39 is 0 Å². The maximum Gasteiger partial charge on any atom is 0.164 e.